The van der Waals surface area contributed by atoms with E-state index in [1.165, 1.54) is 0 Å². The molecule has 0 atom stereocenters. The predicted octanol–water partition coefficient (Wildman–Crippen LogP) is 2.23. The maximum Gasteiger partial charge on any atom is 0.189 e. The molecule has 0 aliphatic rings. The lowest BCUT2D eigenvalue weighted by molar-refractivity contribution is 0.259. The van der Waals surface area contributed by atoms with Gasteiger partial charge in [-0.15, -0.1) is 24.0 Å². The van der Waals surface area contributed by atoms with Gasteiger partial charge in [0.2, 0.25) is 0 Å². The fourth-order valence-electron chi connectivity index (χ4n) is 1.58. The number of halogens is 1. The second-order valence-corrected chi connectivity index (χ2v) is 5.27. The van der Waals surface area contributed by atoms with E-state index in [-0.39, 0.29) is 24.0 Å². The van der Waals surface area contributed by atoms with Crippen molar-refractivity contribution in [2.75, 3.05) is 33.8 Å². The first kappa shape index (κ1) is 20.7. The molecular formula is C16H27IN4O. The summed E-state index contributed by atoms with van der Waals surface area (Å²) in [6.45, 7) is 8.40. The predicted molar refractivity (Wildman–Crippen MR) is 104 cm³/mol. The van der Waals surface area contributed by atoms with Gasteiger partial charge in [0.1, 0.15) is 12.4 Å². The number of nitrogens with two attached hydrogens (primary N) is 1. The maximum atomic E-state index is 5.81. The molecule has 0 unspecified atom stereocenters. The lowest BCUT2D eigenvalue weighted by Crippen LogP contribution is -2.32. The van der Waals surface area contributed by atoms with Crippen LogP contribution in [0.5, 0.6) is 5.75 Å². The fraction of sp³-hybridized carbons (Fsp3) is 0.438. The van der Waals surface area contributed by atoms with Crippen LogP contribution in [0, 0.1) is 0 Å². The van der Waals surface area contributed by atoms with Crippen LogP contribution in [-0.2, 0) is 6.54 Å². The Balaban J connectivity index is 0.00000441. The molecule has 0 aromatic heterocycles. The normalized spacial score (nSPS) is 11.0. The molecule has 0 saturated carbocycles. The van der Waals surface area contributed by atoms with E-state index in [2.05, 4.69) is 21.8 Å². The van der Waals surface area contributed by atoms with E-state index in [0.29, 0.717) is 25.7 Å². The van der Waals surface area contributed by atoms with Crippen LogP contribution in [-0.4, -0.2) is 44.7 Å². The highest BCUT2D eigenvalue weighted by Crippen LogP contribution is 2.18. The molecule has 0 fully saturated rings. The second kappa shape index (κ2) is 11.3. The van der Waals surface area contributed by atoms with Gasteiger partial charge in [-0.05, 0) is 27.1 Å². The largest absolute Gasteiger partial charge is 0.492 e. The summed E-state index contributed by atoms with van der Waals surface area (Å²) in [7, 11) is 4.04. The molecule has 0 aliphatic heterocycles. The van der Waals surface area contributed by atoms with Crippen LogP contribution in [0.25, 0.3) is 0 Å². The molecule has 1 rings (SSSR count). The van der Waals surface area contributed by atoms with Crippen LogP contribution in [0.15, 0.2) is 41.4 Å². The third-order valence-electron chi connectivity index (χ3n) is 2.76. The number of guanidine groups is 1. The molecule has 0 saturated heterocycles. The Bertz CT molecular complexity index is 489. The van der Waals surface area contributed by atoms with Crippen LogP contribution in [0.4, 0.5) is 0 Å². The number of para-hydroxylation sites is 1. The monoisotopic (exact) mass is 418 g/mol. The fourth-order valence-corrected chi connectivity index (χ4v) is 1.58. The lowest BCUT2D eigenvalue weighted by atomic mass is 10.2. The molecule has 5 nitrogen and oxygen atoms in total. The molecule has 0 aliphatic carbocycles. The van der Waals surface area contributed by atoms with Crippen molar-refractivity contribution >= 4 is 29.9 Å². The van der Waals surface area contributed by atoms with Crippen LogP contribution < -0.4 is 15.8 Å². The van der Waals surface area contributed by atoms with Gasteiger partial charge >= 0.3 is 0 Å². The van der Waals surface area contributed by atoms with Gasteiger partial charge in [-0.2, -0.15) is 0 Å². The van der Waals surface area contributed by atoms with Gasteiger partial charge in [0, 0.05) is 18.7 Å². The van der Waals surface area contributed by atoms with E-state index in [9.17, 15) is 0 Å². The minimum Gasteiger partial charge on any atom is -0.492 e. The van der Waals surface area contributed by atoms with E-state index < -0.39 is 0 Å². The van der Waals surface area contributed by atoms with Crippen molar-refractivity contribution in [3.05, 3.63) is 42.0 Å². The van der Waals surface area contributed by atoms with Gasteiger partial charge in [0.25, 0.3) is 0 Å². The van der Waals surface area contributed by atoms with Gasteiger partial charge < -0.3 is 20.7 Å². The Morgan fingerprint density at radius 2 is 2.05 bits per heavy atom. The highest BCUT2D eigenvalue weighted by molar-refractivity contribution is 14.0. The molecule has 22 heavy (non-hydrogen) atoms. The third-order valence-corrected chi connectivity index (χ3v) is 2.76. The van der Waals surface area contributed by atoms with Crippen LogP contribution in [0.3, 0.4) is 0 Å². The first-order valence-corrected chi connectivity index (χ1v) is 7.02. The Morgan fingerprint density at radius 3 is 2.68 bits per heavy atom. The summed E-state index contributed by atoms with van der Waals surface area (Å²) in [5.41, 5.74) is 7.85. The Hall–Kier alpha value is -1.28. The van der Waals surface area contributed by atoms with E-state index >= 15 is 0 Å². The van der Waals surface area contributed by atoms with E-state index in [0.717, 1.165) is 23.4 Å². The zero-order chi connectivity index (χ0) is 15.7. The summed E-state index contributed by atoms with van der Waals surface area (Å²) >= 11 is 0. The summed E-state index contributed by atoms with van der Waals surface area (Å²) in [4.78, 5) is 6.41. The lowest BCUT2D eigenvalue weighted by Gasteiger charge is -2.13. The van der Waals surface area contributed by atoms with Crippen molar-refractivity contribution in [2.24, 2.45) is 10.7 Å². The third kappa shape index (κ3) is 8.89. The molecule has 0 bridgehead atoms. The summed E-state index contributed by atoms with van der Waals surface area (Å²) in [5.74, 6) is 1.27. The Morgan fingerprint density at radius 1 is 1.36 bits per heavy atom. The standard InChI is InChI=1S/C16H26N4O.HI/c1-13(2)11-18-16(17)19-12-14-7-5-6-8-15(14)21-10-9-20(3)4;/h5-8H,1,9-12H2,2-4H3,(H3,17,18,19);1H. The zero-order valence-electron chi connectivity index (χ0n) is 13.6. The van der Waals surface area contributed by atoms with E-state index in [1.807, 2.05) is 45.3 Å². The number of ether oxygens (including phenoxy) is 1. The molecule has 1 aromatic carbocycles. The second-order valence-electron chi connectivity index (χ2n) is 5.27. The minimum atomic E-state index is 0. The van der Waals surface area contributed by atoms with Gasteiger partial charge in [-0.1, -0.05) is 30.4 Å². The summed E-state index contributed by atoms with van der Waals surface area (Å²) in [6.07, 6.45) is 0. The minimum absolute atomic E-state index is 0. The van der Waals surface area contributed by atoms with Gasteiger partial charge in [-0.25, -0.2) is 4.99 Å². The molecular weight excluding hydrogens is 391 g/mol. The molecule has 0 amide bonds. The SMILES string of the molecule is C=C(C)CNC(N)=NCc1ccccc1OCCN(C)C.I. The number of benzene rings is 1. The van der Waals surface area contributed by atoms with E-state index in [1.54, 1.807) is 0 Å². The number of aliphatic imine (C=N–C) groups is 1. The Kier molecular flexibility index (Phi) is 10.7. The average Bonchev–Trinajstić information content (AvgIpc) is 2.43. The maximum absolute atomic E-state index is 5.81. The number of likely N-dealkylation sites (N-methyl/N-ethyl adjacent to an activating group) is 1. The van der Waals surface area contributed by atoms with Crippen molar-refractivity contribution in [2.45, 2.75) is 13.5 Å². The number of hydrogen-bond donors (Lipinski definition) is 2. The van der Waals surface area contributed by atoms with Gasteiger partial charge in [-0.3, -0.25) is 0 Å². The smallest absolute Gasteiger partial charge is 0.189 e. The van der Waals surface area contributed by atoms with Crippen LogP contribution >= 0.6 is 24.0 Å². The molecule has 0 heterocycles. The highest BCUT2D eigenvalue weighted by atomic mass is 127. The summed E-state index contributed by atoms with van der Waals surface area (Å²) in [5, 5.41) is 3.01. The number of nitrogens with one attached hydrogen (secondary N) is 1. The van der Waals surface area contributed by atoms with Gasteiger partial charge in [0.05, 0.1) is 6.54 Å². The van der Waals surface area contributed by atoms with E-state index in [4.69, 9.17) is 10.5 Å². The topological polar surface area (TPSA) is 62.9 Å². The van der Waals surface area contributed by atoms with Crippen molar-refractivity contribution in [3.63, 3.8) is 0 Å². The van der Waals surface area contributed by atoms with Crippen molar-refractivity contribution in [1.29, 1.82) is 0 Å². The molecule has 3 N–H and O–H groups in total. The number of nitrogens with zero attached hydrogens (tertiary/aromatic N) is 2. The summed E-state index contributed by atoms with van der Waals surface area (Å²) in [6, 6.07) is 7.89. The quantitative estimate of drug-likeness (QED) is 0.294. The number of rotatable bonds is 8. The van der Waals surface area contributed by atoms with Crippen LogP contribution in [0.1, 0.15) is 12.5 Å². The molecule has 0 spiro atoms. The molecule has 1 aromatic rings. The van der Waals surface area contributed by atoms with Crippen molar-refractivity contribution < 1.29 is 4.74 Å². The number of hydrogen-bond acceptors (Lipinski definition) is 3. The first-order valence-electron chi connectivity index (χ1n) is 7.02. The molecule has 0 radical (unpaired) electrons. The zero-order valence-corrected chi connectivity index (χ0v) is 16.0. The van der Waals surface area contributed by atoms with Crippen molar-refractivity contribution in [1.82, 2.24) is 10.2 Å². The highest BCUT2D eigenvalue weighted by Gasteiger charge is 2.03. The van der Waals surface area contributed by atoms with Crippen LogP contribution in [0.2, 0.25) is 0 Å². The molecule has 6 heteroatoms. The first-order chi connectivity index (χ1) is 9.99. The molecule has 124 valence electrons. The summed E-state index contributed by atoms with van der Waals surface area (Å²) < 4.78 is 5.79. The van der Waals surface area contributed by atoms with Crippen molar-refractivity contribution in [3.8, 4) is 5.75 Å². The Labute approximate surface area is 150 Å². The van der Waals surface area contributed by atoms with Gasteiger partial charge in [0.15, 0.2) is 5.96 Å². The average molecular weight is 418 g/mol.